The molecule has 8 heteroatoms. The molecule has 1 aromatic heterocycles. The summed E-state index contributed by atoms with van der Waals surface area (Å²) >= 11 is 0. The number of hydrogen-bond acceptors (Lipinski definition) is 4. The monoisotopic (exact) mass is 440 g/mol. The summed E-state index contributed by atoms with van der Waals surface area (Å²) in [4.78, 5) is 49.1. The standard InChI is InChI=1S/C24H25FN2O5/c1-14(2)17(23(30)26-18(11-12-25)22(29)24(31)32)13-21(28)27-19-9-5-3-7-15(19)16-8-4-6-10-20(16)27/h3-10,14,17-18H,11-13H2,1-2H3,(H,26,30)(H,31,32)/t17-,18-/m0/s1. The van der Waals surface area contributed by atoms with Crippen LogP contribution in [0.5, 0.6) is 0 Å². The largest absolute Gasteiger partial charge is 0.475 e. The molecule has 0 aliphatic heterocycles. The summed E-state index contributed by atoms with van der Waals surface area (Å²) in [5.41, 5.74) is 1.44. The summed E-state index contributed by atoms with van der Waals surface area (Å²) in [7, 11) is 0. The molecule has 32 heavy (non-hydrogen) atoms. The first-order chi connectivity index (χ1) is 15.3. The van der Waals surface area contributed by atoms with Crippen LogP contribution in [0, 0.1) is 11.8 Å². The molecule has 7 nitrogen and oxygen atoms in total. The lowest BCUT2D eigenvalue weighted by atomic mass is 9.90. The lowest BCUT2D eigenvalue weighted by molar-refractivity contribution is -0.150. The number of nitrogens with one attached hydrogen (secondary N) is 1. The zero-order chi connectivity index (χ0) is 23.4. The normalized spacial score (nSPS) is 13.2. The molecule has 0 saturated heterocycles. The van der Waals surface area contributed by atoms with Crippen LogP contribution in [-0.4, -0.2) is 46.0 Å². The average molecular weight is 440 g/mol. The summed E-state index contributed by atoms with van der Waals surface area (Å²) < 4.78 is 14.4. The number of fused-ring (bicyclic) bond motifs is 3. The molecule has 0 spiro atoms. The summed E-state index contributed by atoms with van der Waals surface area (Å²) in [6.07, 6.45) is -0.599. The molecule has 0 aliphatic carbocycles. The average Bonchev–Trinajstić information content (AvgIpc) is 3.10. The van der Waals surface area contributed by atoms with Crippen molar-refractivity contribution in [3.8, 4) is 0 Å². The highest BCUT2D eigenvalue weighted by atomic mass is 19.1. The minimum Gasteiger partial charge on any atom is -0.475 e. The molecule has 168 valence electrons. The number of carboxylic acid groups (broad SMARTS) is 1. The first kappa shape index (κ1) is 23.1. The Labute approximate surface area is 184 Å². The maximum atomic E-state index is 13.4. The van der Waals surface area contributed by atoms with Gasteiger partial charge in [-0.3, -0.25) is 23.3 Å². The number of ketones is 1. The van der Waals surface area contributed by atoms with E-state index in [1.165, 1.54) is 0 Å². The Morgan fingerprint density at radius 3 is 1.97 bits per heavy atom. The van der Waals surface area contributed by atoms with Crippen LogP contribution < -0.4 is 5.32 Å². The molecule has 1 amide bonds. The van der Waals surface area contributed by atoms with Gasteiger partial charge >= 0.3 is 5.97 Å². The Morgan fingerprint density at radius 1 is 0.969 bits per heavy atom. The van der Waals surface area contributed by atoms with Crippen LogP contribution in [0.15, 0.2) is 48.5 Å². The molecule has 0 fully saturated rings. The van der Waals surface area contributed by atoms with E-state index in [0.717, 1.165) is 21.8 Å². The fraction of sp³-hybridized carbons (Fsp3) is 0.333. The van der Waals surface area contributed by atoms with Crippen LogP contribution in [0.4, 0.5) is 4.39 Å². The predicted octanol–water partition coefficient (Wildman–Crippen LogP) is 3.60. The van der Waals surface area contributed by atoms with Crippen LogP contribution >= 0.6 is 0 Å². The minimum atomic E-state index is -1.74. The zero-order valence-corrected chi connectivity index (χ0v) is 17.9. The highest BCUT2D eigenvalue weighted by molar-refractivity contribution is 6.35. The molecule has 0 bridgehead atoms. The number of amides is 1. The maximum absolute atomic E-state index is 13.4. The first-order valence-corrected chi connectivity index (χ1v) is 10.4. The highest BCUT2D eigenvalue weighted by Gasteiger charge is 2.32. The molecule has 0 radical (unpaired) electrons. The van der Waals surface area contributed by atoms with E-state index in [1.54, 1.807) is 18.4 Å². The van der Waals surface area contributed by atoms with Crippen LogP contribution in [0.3, 0.4) is 0 Å². The number of nitrogens with zero attached hydrogens (tertiary/aromatic N) is 1. The summed E-state index contributed by atoms with van der Waals surface area (Å²) in [6.45, 7) is 2.55. The van der Waals surface area contributed by atoms with Gasteiger partial charge in [0.25, 0.3) is 5.78 Å². The molecular weight excluding hydrogens is 415 g/mol. The van der Waals surface area contributed by atoms with Gasteiger partial charge in [-0.05, 0) is 18.1 Å². The van der Waals surface area contributed by atoms with Crippen molar-refractivity contribution in [3.63, 3.8) is 0 Å². The van der Waals surface area contributed by atoms with E-state index in [9.17, 15) is 23.6 Å². The van der Waals surface area contributed by atoms with Crippen LogP contribution in [-0.2, 0) is 14.4 Å². The van der Waals surface area contributed by atoms with Gasteiger partial charge in [0.1, 0.15) is 6.04 Å². The fourth-order valence-electron chi connectivity index (χ4n) is 3.91. The molecule has 3 rings (SSSR count). The van der Waals surface area contributed by atoms with E-state index in [1.807, 2.05) is 48.5 Å². The van der Waals surface area contributed by atoms with Crippen LogP contribution in [0.1, 0.15) is 31.5 Å². The number of benzene rings is 2. The van der Waals surface area contributed by atoms with Gasteiger partial charge in [-0.1, -0.05) is 50.2 Å². The van der Waals surface area contributed by atoms with Crippen molar-refractivity contribution >= 4 is 45.4 Å². The van der Waals surface area contributed by atoms with Gasteiger partial charge in [-0.15, -0.1) is 0 Å². The number of halogens is 1. The molecule has 1 heterocycles. The van der Waals surface area contributed by atoms with Gasteiger partial charge in [-0.2, -0.15) is 0 Å². The summed E-state index contributed by atoms with van der Waals surface area (Å²) in [6, 6.07) is 13.5. The zero-order valence-electron chi connectivity index (χ0n) is 17.9. The Balaban J connectivity index is 1.91. The van der Waals surface area contributed by atoms with E-state index in [4.69, 9.17) is 5.11 Å². The fourth-order valence-corrected chi connectivity index (χ4v) is 3.91. The number of aromatic nitrogens is 1. The quantitative estimate of drug-likeness (QED) is 0.495. The number of rotatable bonds is 9. The van der Waals surface area contributed by atoms with Crippen molar-refractivity contribution in [1.82, 2.24) is 9.88 Å². The molecule has 2 N–H and O–H groups in total. The predicted molar refractivity (Wildman–Crippen MR) is 118 cm³/mol. The third kappa shape index (κ3) is 4.54. The molecule has 0 saturated carbocycles. The Morgan fingerprint density at radius 2 is 1.50 bits per heavy atom. The summed E-state index contributed by atoms with van der Waals surface area (Å²) in [5.74, 6) is -5.09. The van der Waals surface area contributed by atoms with Crippen LogP contribution in [0.25, 0.3) is 21.8 Å². The number of aliphatic carboxylic acids is 1. The van der Waals surface area contributed by atoms with Gasteiger partial charge in [0.15, 0.2) is 0 Å². The van der Waals surface area contributed by atoms with Crippen molar-refractivity contribution in [3.05, 3.63) is 48.5 Å². The van der Waals surface area contributed by atoms with Gasteiger partial charge in [0.2, 0.25) is 11.8 Å². The molecule has 2 aromatic carbocycles. The number of carbonyl (C=O) groups excluding carboxylic acids is 3. The topological polar surface area (TPSA) is 105 Å². The number of carboxylic acids is 1. The van der Waals surface area contributed by atoms with Crippen molar-refractivity contribution in [2.45, 2.75) is 32.7 Å². The van der Waals surface area contributed by atoms with Crippen molar-refractivity contribution in [2.75, 3.05) is 6.67 Å². The van der Waals surface area contributed by atoms with E-state index in [-0.39, 0.29) is 18.2 Å². The van der Waals surface area contributed by atoms with E-state index in [2.05, 4.69) is 5.32 Å². The van der Waals surface area contributed by atoms with E-state index in [0.29, 0.717) is 0 Å². The number of para-hydroxylation sites is 2. The van der Waals surface area contributed by atoms with Gasteiger partial charge in [-0.25, -0.2) is 4.79 Å². The molecule has 3 aromatic rings. The molecule has 0 unspecified atom stereocenters. The smallest absolute Gasteiger partial charge is 0.374 e. The number of alkyl halides is 1. The summed E-state index contributed by atoms with van der Waals surface area (Å²) in [5, 5.41) is 13.1. The molecule has 2 atom stereocenters. The SMILES string of the molecule is CC(C)[C@H](CC(=O)n1c2ccccc2c2ccccc21)C(=O)N[C@@H](CCF)C(=O)C(=O)O. The van der Waals surface area contributed by atoms with E-state index >= 15 is 0 Å². The van der Waals surface area contributed by atoms with Gasteiger partial charge < -0.3 is 10.4 Å². The molecule has 0 aliphatic rings. The number of hydrogen-bond donors (Lipinski definition) is 2. The maximum Gasteiger partial charge on any atom is 0.374 e. The van der Waals surface area contributed by atoms with Crippen LogP contribution in [0.2, 0.25) is 0 Å². The Kier molecular flexibility index (Phi) is 7.02. The molecular formula is C24H25FN2O5. The van der Waals surface area contributed by atoms with Crippen molar-refractivity contribution in [2.24, 2.45) is 11.8 Å². The third-order valence-corrected chi connectivity index (χ3v) is 5.61. The van der Waals surface area contributed by atoms with Gasteiger partial charge in [0.05, 0.1) is 17.7 Å². The number of carbonyl (C=O) groups is 4. The third-order valence-electron chi connectivity index (χ3n) is 5.61. The van der Waals surface area contributed by atoms with Crippen molar-refractivity contribution < 1.29 is 28.7 Å². The number of Topliss-reactive ketones (excluding diaryl/α,β-unsaturated/α-hetero) is 1. The Hall–Kier alpha value is -3.55. The second-order valence-electron chi connectivity index (χ2n) is 8.03. The second-order valence-corrected chi connectivity index (χ2v) is 8.03. The lowest BCUT2D eigenvalue weighted by Gasteiger charge is -2.23. The second kappa shape index (κ2) is 9.72. The first-order valence-electron chi connectivity index (χ1n) is 10.4. The lowest BCUT2D eigenvalue weighted by Crippen LogP contribution is -2.47. The van der Waals surface area contributed by atoms with E-state index < -0.39 is 42.7 Å². The van der Waals surface area contributed by atoms with Crippen molar-refractivity contribution in [1.29, 1.82) is 0 Å². The van der Waals surface area contributed by atoms with Gasteiger partial charge in [0, 0.05) is 29.5 Å². The highest BCUT2D eigenvalue weighted by Crippen LogP contribution is 2.30. The Bertz CT molecular complexity index is 1130. The minimum absolute atomic E-state index is 0.157.